The lowest BCUT2D eigenvalue weighted by molar-refractivity contribution is 0.0508. The highest BCUT2D eigenvalue weighted by Crippen LogP contribution is 2.18. The minimum atomic E-state index is -0.500. The van der Waals surface area contributed by atoms with E-state index >= 15 is 0 Å². The standard InChI is InChI=1S/C13H18N4O2/c1-8(14-12(18)19-13(2,3)4)9-5-6-10-11(7-9)16-17-15-10/h5-8H,1-4H3,(H,14,18)(H,15,16,17). The molecule has 102 valence electrons. The van der Waals surface area contributed by atoms with Crippen molar-refractivity contribution in [2.75, 3.05) is 0 Å². The van der Waals surface area contributed by atoms with Gasteiger partial charge in [0.25, 0.3) is 0 Å². The van der Waals surface area contributed by atoms with Gasteiger partial charge >= 0.3 is 6.09 Å². The summed E-state index contributed by atoms with van der Waals surface area (Å²) >= 11 is 0. The number of alkyl carbamates (subject to hydrolysis) is 1. The largest absolute Gasteiger partial charge is 0.444 e. The molecule has 1 heterocycles. The van der Waals surface area contributed by atoms with E-state index in [2.05, 4.69) is 20.7 Å². The number of carbonyl (C=O) groups excluding carboxylic acids is 1. The summed E-state index contributed by atoms with van der Waals surface area (Å²) in [5, 5.41) is 13.2. The van der Waals surface area contributed by atoms with E-state index in [-0.39, 0.29) is 6.04 Å². The van der Waals surface area contributed by atoms with E-state index in [4.69, 9.17) is 4.74 Å². The molecule has 1 aromatic carbocycles. The zero-order valence-corrected chi connectivity index (χ0v) is 11.5. The number of nitrogens with zero attached hydrogens (tertiary/aromatic N) is 2. The number of hydrogen-bond donors (Lipinski definition) is 2. The quantitative estimate of drug-likeness (QED) is 0.871. The first kappa shape index (κ1) is 13.3. The molecule has 0 aliphatic heterocycles. The Labute approximate surface area is 111 Å². The van der Waals surface area contributed by atoms with Gasteiger partial charge in [-0.3, -0.25) is 5.10 Å². The van der Waals surface area contributed by atoms with Crippen molar-refractivity contribution in [1.82, 2.24) is 20.7 Å². The highest BCUT2D eigenvalue weighted by molar-refractivity contribution is 5.75. The Hall–Kier alpha value is -2.11. The van der Waals surface area contributed by atoms with Crippen LogP contribution in [0.5, 0.6) is 0 Å². The molecule has 1 aromatic heterocycles. The molecule has 0 saturated carbocycles. The van der Waals surface area contributed by atoms with Crippen LogP contribution in [0.2, 0.25) is 0 Å². The molecule has 6 heteroatoms. The van der Waals surface area contributed by atoms with Crippen LogP contribution in [0.4, 0.5) is 4.79 Å². The van der Waals surface area contributed by atoms with Gasteiger partial charge in [-0.1, -0.05) is 11.3 Å². The molecular formula is C13H18N4O2. The molecular weight excluding hydrogens is 244 g/mol. The maximum Gasteiger partial charge on any atom is 0.408 e. The highest BCUT2D eigenvalue weighted by atomic mass is 16.6. The molecule has 0 radical (unpaired) electrons. The second-order valence-electron chi connectivity index (χ2n) is 5.46. The fraction of sp³-hybridized carbons (Fsp3) is 0.462. The third-order valence-electron chi connectivity index (χ3n) is 2.58. The molecule has 0 aliphatic rings. The predicted molar refractivity (Wildman–Crippen MR) is 71.7 cm³/mol. The molecule has 2 N–H and O–H groups in total. The molecule has 1 atom stereocenters. The maximum absolute atomic E-state index is 11.7. The predicted octanol–water partition coefficient (Wildman–Crippen LogP) is 2.54. The SMILES string of the molecule is CC(NC(=O)OC(C)(C)C)c1ccc2[nH]nnc2c1. The lowest BCUT2D eigenvalue weighted by Crippen LogP contribution is -2.34. The Balaban J connectivity index is 2.06. The van der Waals surface area contributed by atoms with Gasteiger partial charge in [0.05, 0.1) is 11.6 Å². The molecule has 0 saturated heterocycles. The molecule has 6 nitrogen and oxygen atoms in total. The number of aromatic amines is 1. The smallest absolute Gasteiger partial charge is 0.408 e. The minimum Gasteiger partial charge on any atom is -0.444 e. The summed E-state index contributed by atoms with van der Waals surface area (Å²) in [4.78, 5) is 11.7. The first-order chi connectivity index (χ1) is 8.85. The summed E-state index contributed by atoms with van der Waals surface area (Å²) in [6, 6.07) is 5.54. The zero-order valence-electron chi connectivity index (χ0n) is 11.5. The third-order valence-corrected chi connectivity index (χ3v) is 2.58. The maximum atomic E-state index is 11.7. The van der Waals surface area contributed by atoms with E-state index in [0.717, 1.165) is 16.6 Å². The second-order valence-corrected chi connectivity index (χ2v) is 5.46. The summed E-state index contributed by atoms with van der Waals surface area (Å²) < 4.78 is 5.22. The van der Waals surface area contributed by atoms with Crippen molar-refractivity contribution >= 4 is 17.1 Å². The number of fused-ring (bicyclic) bond motifs is 1. The highest BCUT2D eigenvalue weighted by Gasteiger charge is 2.18. The van der Waals surface area contributed by atoms with Crippen LogP contribution < -0.4 is 5.32 Å². The van der Waals surface area contributed by atoms with Crippen LogP contribution in [0.3, 0.4) is 0 Å². The number of aromatic nitrogens is 3. The van der Waals surface area contributed by atoms with Gasteiger partial charge in [0.1, 0.15) is 11.1 Å². The fourth-order valence-corrected chi connectivity index (χ4v) is 1.70. The average molecular weight is 262 g/mol. The van der Waals surface area contributed by atoms with E-state index in [1.165, 1.54) is 0 Å². The molecule has 19 heavy (non-hydrogen) atoms. The van der Waals surface area contributed by atoms with E-state index in [0.29, 0.717) is 0 Å². The molecule has 1 unspecified atom stereocenters. The number of benzene rings is 1. The van der Waals surface area contributed by atoms with Gasteiger partial charge in [-0.05, 0) is 45.4 Å². The summed E-state index contributed by atoms with van der Waals surface area (Å²) in [6.07, 6.45) is -0.430. The molecule has 2 rings (SSSR count). The Bertz CT molecular complexity index is 586. The molecule has 0 fully saturated rings. The number of ether oxygens (including phenoxy) is 1. The lowest BCUT2D eigenvalue weighted by atomic mass is 10.1. The van der Waals surface area contributed by atoms with E-state index in [1.54, 1.807) is 0 Å². The van der Waals surface area contributed by atoms with E-state index in [9.17, 15) is 4.79 Å². The lowest BCUT2D eigenvalue weighted by Gasteiger charge is -2.22. The second kappa shape index (κ2) is 4.87. The van der Waals surface area contributed by atoms with Gasteiger partial charge in [-0.25, -0.2) is 4.79 Å². The van der Waals surface area contributed by atoms with Crippen molar-refractivity contribution in [2.24, 2.45) is 0 Å². The summed E-state index contributed by atoms with van der Waals surface area (Å²) in [7, 11) is 0. The van der Waals surface area contributed by atoms with Crippen molar-refractivity contribution in [3.63, 3.8) is 0 Å². The van der Waals surface area contributed by atoms with Crippen molar-refractivity contribution in [3.05, 3.63) is 23.8 Å². The molecule has 0 spiro atoms. The van der Waals surface area contributed by atoms with Gasteiger partial charge < -0.3 is 10.1 Å². The summed E-state index contributed by atoms with van der Waals surface area (Å²) in [6.45, 7) is 7.39. The molecule has 1 amide bonds. The number of rotatable bonds is 2. The summed E-state index contributed by atoms with van der Waals surface area (Å²) in [5.41, 5.74) is 2.09. The van der Waals surface area contributed by atoms with Crippen molar-refractivity contribution in [2.45, 2.75) is 39.3 Å². The fourth-order valence-electron chi connectivity index (χ4n) is 1.70. The zero-order chi connectivity index (χ0) is 14.0. The van der Waals surface area contributed by atoms with Gasteiger partial charge in [0.15, 0.2) is 0 Å². The molecule has 0 aliphatic carbocycles. The minimum absolute atomic E-state index is 0.157. The van der Waals surface area contributed by atoms with Gasteiger partial charge in [-0.15, -0.1) is 5.10 Å². The number of nitrogens with one attached hydrogen (secondary N) is 2. The van der Waals surface area contributed by atoms with Crippen LogP contribution in [-0.2, 0) is 4.74 Å². The van der Waals surface area contributed by atoms with E-state index < -0.39 is 11.7 Å². The topological polar surface area (TPSA) is 79.9 Å². The number of carbonyl (C=O) groups is 1. The van der Waals surface area contributed by atoms with Gasteiger partial charge in [0.2, 0.25) is 0 Å². The van der Waals surface area contributed by atoms with Crippen LogP contribution >= 0.6 is 0 Å². The number of amides is 1. The monoisotopic (exact) mass is 262 g/mol. The van der Waals surface area contributed by atoms with Crippen LogP contribution in [0, 0.1) is 0 Å². The Morgan fingerprint density at radius 2 is 2.16 bits per heavy atom. The van der Waals surface area contributed by atoms with Crippen LogP contribution in [0.1, 0.15) is 39.3 Å². The van der Waals surface area contributed by atoms with Crippen molar-refractivity contribution in [1.29, 1.82) is 0 Å². The summed E-state index contributed by atoms with van der Waals surface area (Å²) in [5.74, 6) is 0. The Kier molecular flexibility index (Phi) is 3.42. The first-order valence-electron chi connectivity index (χ1n) is 6.15. The van der Waals surface area contributed by atoms with Crippen molar-refractivity contribution in [3.8, 4) is 0 Å². The van der Waals surface area contributed by atoms with Gasteiger partial charge in [-0.2, -0.15) is 0 Å². The Morgan fingerprint density at radius 1 is 1.42 bits per heavy atom. The average Bonchev–Trinajstić information content (AvgIpc) is 2.72. The van der Waals surface area contributed by atoms with Crippen LogP contribution in [0.25, 0.3) is 11.0 Å². The van der Waals surface area contributed by atoms with Crippen molar-refractivity contribution < 1.29 is 9.53 Å². The first-order valence-corrected chi connectivity index (χ1v) is 6.15. The number of hydrogen-bond acceptors (Lipinski definition) is 4. The Morgan fingerprint density at radius 3 is 2.84 bits per heavy atom. The van der Waals surface area contributed by atoms with Crippen LogP contribution in [0.15, 0.2) is 18.2 Å². The number of H-pyrrole nitrogens is 1. The molecule has 0 bridgehead atoms. The van der Waals surface area contributed by atoms with Gasteiger partial charge in [0, 0.05) is 0 Å². The normalized spacial score (nSPS) is 13.3. The van der Waals surface area contributed by atoms with Crippen LogP contribution in [-0.4, -0.2) is 27.1 Å². The third kappa shape index (κ3) is 3.43. The van der Waals surface area contributed by atoms with E-state index in [1.807, 2.05) is 45.9 Å². The molecule has 2 aromatic rings.